The minimum atomic E-state index is -0.461. The number of ether oxygens (including phenoxy) is 1. The number of aromatic nitrogens is 1. The fraction of sp³-hybridized carbons (Fsp3) is 0.250. The second-order valence-corrected chi connectivity index (χ2v) is 8.50. The number of Topliss-reactive ketones (excluding diaryl/α,β-unsaturated/α-hetero) is 1. The zero-order valence-corrected chi connectivity index (χ0v) is 18.6. The van der Waals surface area contributed by atoms with Crippen LogP contribution in [0, 0.1) is 0 Å². The van der Waals surface area contributed by atoms with Crippen molar-refractivity contribution >= 4 is 16.7 Å². The van der Waals surface area contributed by atoms with E-state index in [1.807, 2.05) is 66.9 Å². The predicted molar refractivity (Wildman–Crippen MR) is 131 cm³/mol. The standard InChI is InChI=1S/C28H29N3O2/c32-28(24-19-29-25-14-8-7-13-23(24)25)27(22-11-5-2-6-12-22)30-26(21-9-3-1-4-10-21)20-31-15-17-33-18-16-31/h1-14,19,26-27,29-30H,15-18,20H2/t26-,27-/m1/s1. The van der Waals surface area contributed by atoms with Crippen LogP contribution in [0.15, 0.2) is 91.1 Å². The highest BCUT2D eigenvalue weighted by Gasteiger charge is 2.28. The average molecular weight is 440 g/mol. The summed E-state index contributed by atoms with van der Waals surface area (Å²) in [6.07, 6.45) is 1.84. The molecule has 4 aromatic rings. The first-order valence-corrected chi connectivity index (χ1v) is 11.6. The molecule has 2 atom stereocenters. The smallest absolute Gasteiger partial charge is 0.186 e. The summed E-state index contributed by atoms with van der Waals surface area (Å²) < 4.78 is 5.55. The van der Waals surface area contributed by atoms with Crippen LogP contribution in [-0.2, 0) is 4.74 Å². The fourth-order valence-electron chi connectivity index (χ4n) is 4.58. The molecule has 1 aromatic heterocycles. The van der Waals surface area contributed by atoms with E-state index in [9.17, 15) is 4.79 Å². The molecule has 0 bridgehead atoms. The third-order valence-electron chi connectivity index (χ3n) is 6.36. The number of aromatic amines is 1. The first-order chi connectivity index (χ1) is 16.3. The molecule has 1 saturated heterocycles. The number of morpholine rings is 1. The van der Waals surface area contributed by atoms with E-state index < -0.39 is 6.04 Å². The molecule has 1 aliphatic rings. The monoisotopic (exact) mass is 439 g/mol. The SMILES string of the molecule is O=C(c1c[nH]c2ccccc12)[C@H](N[C@H](CN1CCOCC1)c1ccccc1)c1ccccc1. The Morgan fingerprint density at radius 3 is 2.24 bits per heavy atom. The van der Waals surface area contributed by atoms with Gasteiger partial charge in [0.15, 0.2) is 5.78 Å². The van der Waals surface area contributed by atoms with E-state index in [-0.39, 0.29) is 11.8 Å². The van der Waals surface area contributed by atoms with Crippen molar-refractivity contribution in [2.45, 2.75) is 12.1 Å². The van der Waals surface area contributed by atoms with Crippen molar-refractivity contribution in [3.63, 3.8) is 0 Å². The van der Waals surface area contributed by atoms with Gasteiger partial charge in [0.05, 0.1) is 19.3 Å². The van der Waals surface area contributed by atoms with Crippen LogP contribution >= 0.6 is 0 Å². The first kappa shape index (κ1) is 21.6. The molecular weight excluding hydrogens is 410 g/mol. The summed E-state index contributed by atoms with van der Waals surface area (Å²) in [7, 11) is 0. The van der Waals surface area contributed by atoms with Crippen LogP contribution < -0.4 is 5.32 Å². The maximum atomic E-state index is 14.0. The maximum absolute atomic E-state index is 14.0. The van der Waals surface area contributed by atoms with Gasteiger partial charge in [-0.25, -0.2) is 0 Å². The lowest BCUT2D eigenvalue weighted by molar-refractivity contribution is 0.0326. The Balaban J connectivity index is 1.50. The molecule has 33 heavy (non-hydrogen) atoms. The van der Waals surface area contributed by atoms with E-state index in [4.69, 9.17) is 4.74 Å². The lowest BCUT2D eigenvalue weighted by atomic mass is 9.95. The van der Waals surface area contributed by atoms with Crippen molar-refractivity contribution in [3.8, 4) is 0 Å². The molecule has 2 heterocycles. The second kappa shape index (κ2) is 10.1. The van der Waals surface area contributed by atoms with Crippen molar-refractivity contribution in [3.05, 3.63) is 108 Å². The Labute approximate surface area is 194 Å². The van der Waals surface area contributed by atoms with Crippen molar-refractivity contribution in [2.24, 2.45) is 0 Å². The highest BCUT2D eigenvalue weighted by molar-refractivity contribution is 6.10. The van der Waals surface area contributed by atoms with Crippen LogP contribution in [0.4, 0.5) is 0 Å². The number of H-pyrrole nitrogens is 1. The second-order valence-electron chi connectivity index (χ2n) is 8.50. The lowest BCUT2D eigenvalue weighted by Crippen LogP contribution is -2.43. The first-order valence-electron chi connectivity index (χ1n) is 11.6. The molecule has 168 valence electrons. The minimum Gasteiger partial charge on any atom is -0.379 e. The van der Waals surface area contributed by atoms with Gasteiger partial charge in [0.2, 0.25) is 0 Å². The summed E-state index contributed by atoms with van der Waals surface area (Å²) in [6, 6.07) is 27.9. The van der Waals surface area contributed by atoms with E-state index in [1.54, 1.807) is 0 Å². The largest absolute Gasteiger partial charge is 0.379 e. The summed E-state index contributed by atoms with van der Waals surface area (Å²) in [6.45, 7) is 4.11. The Morgan fingerprint density at radius 2 is 1.52 bits per heavy atom. The molecule has 2 N–H and O–H groups in total. The van der Waals surface area contributed by atoms with Crippen LogP contribution in [0.1, 0.15) is 33.6 Å². The van der Waals surface area contributed by atoms with Gasteiger partial charge in [-0.3, -0.25) is 15.0 Å². The van der Waals surface area contributed by atoms with Crippen molar-refractivity contribution in [1.82, 2.24) is 15.2 Å². The van der Waals surface area contributed by atoms with Crippen molar-refractivity contribution in [1.29, 1.82) is 0 Å². The van der Waals surface area contributed by atoms with E-state index in [2.05, 4.69) is 39.5 Å². The number of rotatable bonds is 8. The topological polar surface area (TPSA) is 57.4 Å². The van der Waals surface area contributed by atoms with E-state index in [1.165, 1.54) is 5.56 Å². The molecule has 0 spiro atoms. The minimum absolute atomic E-state index is 0.00339. The molecule has 0 radical (unpaired) electrons. The molecule has 0 saturated carbocycles. The summed E-state index contributed by atoms with van der Waals surface area (Å²) >= 11 is 0. The summed E-state index contributed by atoms with van der Waals surface area (Å²) in [5, 5.41) is 4.69. The van der Waals surface area contributed by atoms with Gasteiger partial charge < -0.3 is 9.72 Å². The zero-order chi connectivity index (χ0) is 22.5. The van der Waals surface area contributed by atoms with Gasteiger partial charge in [0.1, 0.15) is 0 Å². The highest BCUT2D eigenvalue weighted by Crippen LogP contribution is 2.28. The van der Waals surface area contributed by atoms with Crippen LogP contribution in [0.2, 0.25) is 0 Å². The molecule has 3 aromatic carbocycles. The van der Waals surface area contributed by atoms with Gasteiger partial charge in [-0.1, -0.05) is 78.9 Å². The lowest BCUT2D eigenvalue weighted by Gasteiger charge is -2.33. The average Bonchev–Trinajstić information content (AvgIpc) is 3.32. The molecule has 0 unspecified atom stereocenters. The van der Waals surface area contributed by atoms with Crippen LogP contribution in [-0.4, -0.2) is 48.5 Å². The van der Waals surface area contributed by atoms with Crippen LogP contribution in [0.5, 0.6) is 0 Å². The molecule has 0 amide bonds. The highest BCUT2D eigenvalue weighted by atomic mass is 16.5. The molecular formula is C28H29N3O2. The Kier molecular flexibility index (Phi) is 6.63. The number of benzene rings is 3. The summed E-state index contributed by atoms with van der Waals surface area (Å²) in [5.41, 5.74) is 3.83. The molecule has 0 aliphatic carbocycles. The Hall–Kier alpha value is -3.25. The number of para-hydroxylation sites is 1. The van der Waals surface area contributed by atoms with Crippen molar-refractivity contribution < 1.29 is 9.53 Å². The number of hydrogen-bond donors (Lipinski definition) is 2. The third-order valence-corrected chi connectivity index (χ3v) is 6.36. The number of carbonyl (C=O) groups excluding carboxylic acids is 1. The van der Waals surface area contributed by atoms with Gasteiger partial charge in [-0.2, -0.15) is 0 Å². The summed E-state index contributed by atoms with van der Waals surface area (Å²) in [4.78, 5) is 19.6. The fourth-order valence-corrected chi connectivity index (χ4v) is 4.58. The summed E-state index contributed by atoms with van der Waals surface area (Å²) in [5.74, 6) is 0.0709. The number of carbonyl (C=O) groups is 1. The number of hydrogen-bond acceptors (Lipinski definition) is 4. The van der Waals surface area contributed by atoms with E-state index in [0.717, 1.165) is 49.3 Å². The van der Waals surface area contributed by atoms with E-state index in [0.29, 0.717) is 5.56 Å². The van der Waals surface area contributed by atoms with Gasteiger partial charge in [-0.05, 0) is 17.2 Å². The Bertz CT molecular complexity index is 1180. The number of nitrogens with zero attached hydrogens (tertiary/aromatic N) is 1. The third kappa shape index (κ3) is 4.91. The van der Waals surface area contributed by atoms with Gasteiger partial charge in [0.25, 0.3) is 0 Å². The van der Waals surface area contributed by atoms with Gasteiger partial charge in [0, 0.05) is 48.3 Å². The zero-order valence-electron chi connectivity index (χ0n) is 18.6. The van der Waals surface area contributed by atoms with Crippen LogP contribution in [0.3, 0.4) is 0 Å². The van der Waals surface area contributed by atoms with Crippen LogP contribution in [0.25, 0.3) is 10.9 Å². The normalized spacial score (nSPS) is 16.5. The van der Waals surface area contributed by atoms with Crippen molar-refractivity contribution in [2.75, 3.05) is 32.8 Å². The maximum Gasteiger partial charge on any atom is 0.186 e. The molecule has 5 rings (SSSR count). The molecule has 1 fully saturated rings. The number of ketones is 1. The Morgan fingerprint density at radius 1 is 0.879 bits per heavy atom. The number of fused-ring (bicyclic) bond motifs is 1. The molecule has 5 heteroatoms. The van der Waals surface area contributed by atoms with Gasteiger partial charge in [-0.15, -0.1) is 0 Å². The quantitative estimate of drug-likeness (QED) is 0.389. The van der Waals surface area contributed by atoms with Gasteiger partial charge >= 0.3 is 0 Å². The predicted octanol–water partition coefficient (Wildman–Crippen LogP) is 4.76. The number of nitrogens with one attached hydrogen (secondary N) is 2. The molecule has 1 aliphatic heterocycles. The van der Waals surface area contributed by atoms with E-state index >= 15 is 0 Å². The molecule has 5 nitrogen and oxygen atoms in total.